The number of aryl methyl sites for hydroxylation is 2. The summed E-state index contributed by atoms with van der Waals surface area (Å²) in [4.78, 5) is 4.49. The van der Waals surface area contributed by atoms with Gasteiger partial charge in [-0.3, -0.25) is 0 Å². The third-order valence-electron chi connectivity index (χ3n) is 4.61. The number of hydrogen-bond donors (Lipinski definition) is 1. The van der Waals surface area contributed by atoms with Gasteiger partial charge in [-0.15, -0.1) is 0 Å². The van der Waals surface area contributed by atoms with Gasteiger partial charge in [0.2, 0.25) is 21.7 Å². The lowest BCUT2D eigenvalue weighted by Gasteiger charge is -2.16. The molecule has 1 aliphatic rings. The van der Waals surface area contributed by atoms with Crippen LogP contribution in [0.25, 0.3) is 11.4 Å². The summed E-state index contributed by atoms with van der Waals surface area (Å²) >= 11 is 5.87. The van der Waals surface area contributed by atoms with Crippen LogP contribution in [0, 0.1) is 0 Å². The van der Waals surface area contributed by atoms with E-state index in [4.69, 9.17) is 16.1 Å². The monoisotopic (exact) mass is 403 g/mol. The molecule has 0 aliphatic heterocycles. The van der Waals surface area contributed by atoms with E-state index < -0.39 is 10.0 Å². The minimum Gasteiger partial charge on any atom is -0.338 e. The van der Waals surface area contributed by atoms with Gasteiger partial charge in [0.05, 0.1) is 11.4 Å². The summed E-state index contributed by atoms with van der Waals surface area (Å²) < 4.78 is 32.9. The van der Waals surface area contributed by atoms with Crippen LogP contribution in [0.5, 0.6) is 0 Å². The maximum absolute atomic E-state index is 12.6. The summed E-state index contributed by atoms with van der Waals surface area (Å²) in [5.74, 6) is 0.580. The van der Waals surface area contributed by atoms with Crippen LogP contribution < -0.4 is 4.72 Å². The molecule has 0 amide bonds. The molecule has 0 saturated carbocycles. The lowest BCUT2D eigenvalue weighted by molar-refractivity contribution is 0.376. The largest absolute Gasteiger partial charge is 0.338 e. The van der Waals surface area contributed by atoms with Gasteiger partial charge in [-0.05, 0) is 73.2 Å². The Kier molecular flexibility index (Phi) is 4.99. The van der Waals surface area contributed by atoms with Crippen LogP contribution in [0.1, 0.15) is 29.9 Å². The molecule has 2 aromatic carbocycles. The second kappa shape index (κ2) is 7.42. The number of nitrogens with zero attached hydrogens (tertiary/aromatic N) is 2. The van der Waals surface area contributed by atoms with Crippen LogP contribution in [0.3, 0.4) is 0 Å². The van der Waals surface area contributed by atoms with Gasteiger partial charge in [-0.2, -0.15) is 4.98 Å². The van der Waals surface area contributed by atoms with E-state index in [1.165, 1.54) is 5.56 Å². The number of rotatable bonds is 5. The smallest absolute Gasteiger partial charge is 0.242 e. The number of fused-ring (bicyclic) bond motifs is 1. The summed E-state index contributed by atoms with van der Waals surface area (Å²) in [6.45, 7) is -0.0694. The van der Waals surface area contributed by atoms with Crippen molar-refractivity contribution in [3.63, 3.8) is 0 Å². The molecule has 1 N–H and O–H groups in total. The van der Waals surface area contributed by atoms with Gasteiger partial charge in [-0.25, -0.2) is 13.1 Å². The normalized spacial score (nSPS) is 14.1. The predicted molar refractivity (Wildman–Crippen MR) is 102 cm³/mol. The average molecular weight is 404 g/mol. The van der Waals surface area contributed by atoms with E-state index in [2.05, 4.69) is 14.9 Å². The Balaban J connectivity index is 1.47. The molecule has 4 rings (SSSR count). The Morgan fingerprint density at radius 1 is 1.04 bits per heavy atom. The third-order valence-corrected chi connectivity index (χ3v) is 6.27. The quantitative estimate of drug-likeness (QED) is 0.701. The van der Waals surface area contributed by atoms with Crippen molar-refractivity contribution in [3.8, 4) is 11.4 Å². The number of aromatic nitrogens is 2. The Morgan fingerprint density at radius 3 is 2.56 bits per heavy atom. The molecule has 0 radical (unpaired) electrons. The van der Waals surface area contributed by atoms with Gasteiger partial charge in [0.15, 0.2) is 0 Å². The number of benzene rings is 2. The fourth-order valence-electron chi connectivity index (χ4n) is 3.16. The molecule has 1 heterocycles. The average Bonchev–Trinajstić information content (AvgIpc) is 3.16. The van der Waals surface area contributed by atoms with Crippen molar-refractivity contribution in [1.29, 1.82) is 0 Å². The van der Waals surface area contributed by atoms with Crippen molar-refractivity contribution >= 4 is 21.6 Å². The highest BCUT2D eigenvalue weighted by molar-refractivity contribution is 7.89. The first-order chi connectivity index (χ1) is 13.0. The molecule has 0 spiro atoms. The minimum atomic E-state index is -3.65. The lowest BCUT2D eigenvalue weighted by Crippen LogP contribution is -2.23. The van der Waals surface area contributed by atoms with Crippen molar-refractivity contribution in [3.05, 3.63) is 64.5 Å². The maximum Gasteiger partial charge on any atom is 0.242 e. The van der Waals surface area contributed by atoms with Crippen molar-refractivity contribution in [2.24, 2.45) is 0 Å². The van der Waals surface area contributed by atoms with Crippen LogP contribution >= 0.6 is 11.6 Å². The van der Waals surface area contributed by atoms with E-state index in [0.717, 1.165) is 36.8 Å². The zero-order valence-electron chi connectivity index (χ0n) is 14.5. The fourth-order valence-corrected chi connectivity index (χ4v) is 4.31. The Morgan fingerprint density at radius 2 is 1.78 bits per heavy atom. The number of hydrogen-bond acceptors (Lipinski definition) is 5. The molecule has 0 bridgehead atoms. The lowest BCUT2D eigenvalue weighted by atomic mass is 9.92. The molecule has 0 unspecified atom stereocenters. The summed E-state index contributed by atoms with van der Waals surface area (Å²) in [6.07, 6.45) is 4.19. The molecular weight excluding hydrogens is 386 g/mol. The molecule has 6 nitrogen and oxygen atoms in total. The van der Waals surface area contributed by atoms with Crippen molar-refractivity contribution in [2.75, 3.05) is 0 Å². The molecule has 3 aromatic rings. The van der Waals surface area contributed by atoms with Gasteiger partial charge < -0.3 is 4.52 Å². The van der Waals surface area contributed by atoms with Crippen LogP contribution in [-0.2, 0) is 29.4 Å². The van der Waals surface area contributed by atoms with Gasteiger partial charge >= 0.3 is 0 Å². The zero-order valence-corrected chi connectivity index (χ0v) is 16.1. The molecule has 0 saturated heterocycles. The molecule has 8 heteroatoms. The standard InChI is InChI=1S/C19H18ClN3O3S/c20-16-8-5-14(6-9-16)19-22-18(26-23-19)12-21-27(24,25)17-10-7-13-3-1-2-4-15(13)11-17/h5-11,21H,1-4,12H2. The molecule has 0 atom stereocenters. The summed E-state index contributed by atoms with van der Waals surface area (Å²) in [5.41, 5.74) is 3.10. The van der Waals surface area contributed by atoms with Crippen LogP contribution in [0.2, 0.25) is 5.02 Å². The van der Waals surface area contributed by atoms with E-state index in [1.807, 2.05) is 6.07 Å². The third kappa shape index (κ3) is 4.05. The molecule has 0 fully saturated rings. The SMILES string of the molecule is O=S(=O)(NCc1nc(-c2ccc(Cl)cc2)no1)c1ccc2c(c1)CCCC2. The van der Waals surface area contributed by atoms with Crippen LogP contribution in [-0.4, -0.2) is 18.6 Å². The zero-order chi connectivity index (χ0) is 18.9. The second-order valence-corrected chi connectivity index (χ2v) is 8.68. The predicted octanol–water partition coefficient (Wildman–Crippen LogP) is 3.75. The Labute approximate surface area is 162 Å². The Bertz CT molecular complexity index is 1060. The highest BCUT2D eigenvalue weighted by atomic mass is 35.5. The van der Waals surface area contributed by atoms with Crippen LogP contribution in [0.15, 0.2) is 51.9 Å². The highest BCUT2D eigenvalue weighted by Gasteiger charge is 2.19. The minimum absolute atomic E-state index is 0.0694. The fraction of sp³-hybridized carbons (Fsp3) is 0.263. The highest BCUT2D eigenvalue weighted by Crippen LogP contribution is 2.24. The number of sulfonamides is 1. The summed E-state index contributed by atoms with van der Waals surface area (Å²) in [5, 5.41) is 4.49. The van der Waals surface area contributed by atoms with Gasteiger partial charge in [-0.1, -0.05) is 22.8 Å². The van der Waals surface area contributed by atoms with Crippen molar-refractivity contribution in [1.82, 2.24) is 14.9 Å². The molecule has 1 aromatic heterocycles. The van der Waals surface area contributed by atoms with E-state index in [9.17, 15) is 8.42 Å². The summed E-state index contributed by atoms with van der Waals surface area (Å²) in [6, 6.07) is 12.3. The van der Waals surface area contributed by atoms with Crippen molar-refractivity contribution in [2.45, 2.75) is 37.1 Å². The number of nitrogens with one attached hydrogen (secondary N) is 1. The Hall–Kier alpha value is -2.22. The number of halogens is 1. The van der Waals surface area contributed by atoms with Gasteiger partial charge in [0, 0.05) is 10.6 Å². The molecule has 1 aliphatic carbocycles. The van der Waals surface area contributed by atoms with E-state index in [-0.39, 0.29) is 17.3 Å². The second-order valence-electron chi connectivity index (χ2n) is 6.48. The molecule has 140 valence electrons. The molecular formula is C19H18ClN3O3S. The first kappa shape index (κ1) is 18.2. The van der Waals surface area contributed by atoms with Crippen LogP contribution in [0.4, 0.5) is 0 Å². The molecule has 27 heavy (non-hydrogen) atoms. The first-order valence-electron chi connectivity index (χ1n) is 8.71. The maximum atomic E-state index is 12.6. The van der Waals surface area contributed by atoms with E-state index >= 15 is 0 Å². The van der Waals surface area contributed by atoms with Gasteiger partial charge in [0.25, 0.3) is 0 Å². The summed E-state index contributed by atoms with van der Waals surface area (Å²) in [7, 11) is -3.65. The topological polar surface area (TPSA) is 85.1 Å². The van der Waals surface area contributed by atoms with Gasteiger partial charge in [0.1, 0.15) is 0 Å². The van der Waals surface area contributed by atoms with E-state index in [0.29, 0.717) is 10.8 Å². The first-order valence-corrected chi connectivity index (χ1v) is 10.6. The van der Waals surface area contributed by atoms with Crippen molar-refractivity contribution < 1.29 is 12.9 Å². The van der Waals surface area contributed by atoms with E-state index in [1.54, 1.807) is 36.4 Å².